The minimum Gasteiger partial charge on any atom is -0.496 e. The molecule has 0 saturated heterocycles. The second kappa shape index (κ2) is 6.76. The molecule has 3 aromatic rings. The molecule has 128 valence electrons. The van der Waals surface area contributed by atoms with Crippen LogP contribution in [0.2, 0.25) is 0 Å². The Hall–Kier alpha value is -3.15. The average Bonchev–Trinajstić information content (AvgIpc) is 2.63. The van der Waals surface area contributed by atoms with Gasteiger partial charge < -0.3 is 14.0 Å². The van der Waals surface area contributed by atoms with Crippen molar-refractivity contribution in [1.82, 2.24) is 9.55 Å². The molecule has 0 aliphatic rings. The molecule has 0 amide bonds. The Morgan fingerprint density at radius 1 is 1.20 bits per heavy atom. The summed E-state index contributed by atoms with van der Waals surface area (Å²) < 4.78 is 11.7. The van der Waals surface area contributed by atoms with Crippen molar-refractivity contribution in [1.29, 1.82) is 0 Å². The minimum atomic E-state index is -0.508. The first-order chi connectivity index (χ1) is 12.0. The van der Waals surface area contributed by atoms with Gasteiger partial charge in [0, 0.05) is 11.8 Å². The van der Waals surface area contributed by atoms with Gasteiger partial charge in [0.15, 0.2) is 0 Å². The summed E-state index contributed by atoms with van der Waals surface area (Å²) in [7, 11) is 2.90. The van der Waals surface area contributed by atoms with Crippen molar-refractivity contribution in [3.05, 3.63) is 69.8 Å². The predicted molar refractivity (Wildman–Crippen MR) is 94.2 cm³/mol. The molecule has 0 saturated carbocycles. The second-order valence-corrected chi connectivity index (χ2v) is 5.61. The largest absolute Gasteiger partial charge is 0.496 e. The van der Waals surface area contributed by atoms with Crippen LogP contribution in [-0.4, -0.2) is 29.7 Å². The van der Waals surface area contributed by atoms with E-state index in [0.29, 0.717) is 34.5 Å². The number of rotatable bonds is 4. The van der Waals surface area contributed by atoms with Gasteiger partial charge in [-0.2, -0.15) is 0 Å². The summed E-state index contributed by atoms with van der Waals surface area (Å²) in [5.41, 5.74) is 2.04. The first-order valence-electron chi connectivity index (χ1n) is 7.76. The molecule has 1 aromatic carbocycles. The third-order valence-electron chi connectivity index (χ3n) is 4.08. The molecule has 0 radical (unpaired) electrons. The summed E-state index contributed by atoms with van der Waals surface area (Å²) in [6, 6.07) is 10.8. The summed E-state index contributed by atoms with van der Waals surface area (Å²) in [6.07, 6.45) is 1.70. The maximum Gasteiger partial charge on any atom is 0.339 e. The molecule has 0 aliphatic carbocycles. The van der Waals surface area contributed by atoms with Gasteiger partial charge in [0.1, 0.15) is 5.75 Å². The van der Waals surface area contributed by atoms with Crippen LogP contribution >= 0.6 is 0 Å². The highest BCUT2D eigenvalue weighted by atomic mass is 16.5. The van der Waals surface area contributed by atoms with Gasteiger partial charge in [-0.05, 0) is 25.1 Å². The van der Waals surface area contributed by atoms with Crippen LogP contribution in [0, 0.1) is 6.92 Å². The highest BCUT2D eigenvalue weighted by molar-refractivity contribution is 5.94. The van der Waals surface area contributed by atoms with Crippen LogP contribution in [0.15, 0.2) is 47.4 Å². The molecule has 0 spiro atoms. The van der Waals surface area contributed by atoms with Gasteiger partial charge in [0.05, 0.1) is 42.9 Å². The monoisotopic (exact) mass is 338 g/mol. The highest BCUT2D eigenvalue weighted by Gasteiger charge is 2.14. The van der Waals surface area contributed by atoms with Crippen LogP contribution in [0.3, 0.4) is 0 Å². The first-order valence-corrected chi connectivity index (χ1v) is 7.76. The zero-order chi connectivity index (χ0) is 18.0. The van der Waals surface area contributed by atoms with Crippen LogP contribution in [0.1, 0.15) is 21.6 Å². The summed E-state index contributed by atoms with van der Waals surface area (Å²) in [6.45, 7) is 2.08. The van der Waals surface area contributed by atoms with Crippen molar-refractivity contribution >= 4 is 16.9 Å². The van der Waals surface area contributed by atoms with E-state index in [1.807, 2.05) is 24.3 Å². The van der Waals surface area contributed by atoms with Crippen LogP contribution in [0.4, 0.5) is 0 Å². The summed E-state index contributed by atoms with van der Waals surface area (Å²) in [4.78, 5) is 29.0. The number of nitrogens with zero attached hydrogens (tertiary/aromatic N) is 2. The van der Waals surface area contributed by atoms with Gasteiger partial charge in [-0.1, -0.05) is 18.2 Å². The van der Waals surface area contributed by atoms with Crippen molar-refractivity contribution in [2.75, 3.05) is 14.2 Å². The Morgan fingerprint density at radius 3 is 2.68 bits per heavy atom. The van der Waals surface area contributed by atoms with Crippen LogP contribution < -0.4 is 10.3 Å². The number of methoxy groups -OCH3 is 2. The average molecular weight is 338 g/mol. The number of pyridine rings is 2. The van der Waals surface area contributed by atoms with E-state index in [1.165, 1.54) is 7.11 Å². The van der Waals surface area contributed by atoms with Crippen molar-refractivity contribution in [3.8, 4) is 5.75 Å². The van der Waals surface area contributed by atoms with E-state index in [2.05, 4.69) is 4.98 Å². The third-order valence-corrected chi connectivity index (χ3v) is 4.08. The molecule has 0 aliphatic heterocycles. The van der Waals surface area contributed by atoms with E-state index in [9.17, 15) is 9.59 Å². The number of fused-ring (bicyclic) bond motifs is 1. The van der Waals surface area contributed by atoms with Crippen LogP contribution in [0.5, 0.6) is 5.75 Å². The molecular weight excluding hydrogens is 320 g/mol. The van der Waals surface area contributed by atoms with Gasteiger partial charge >= 0.3 is 5.97 Å². The summed E-state index contributed by atoms with van der Waals surface area (Å²) >= 11 is 0. The molecule has 0 bridgehead atoms. The van der Waals surface area contributed by atoms with E-state index < -0.39 is 5.97 Å². The van der Waals surface area contributed by atoms with Crippen molar-refractivity contribution < 1.29 is 14.3 Å². The number of carbonyl (C=O) groups excluding carboxylic acids is 1. The molecular formula is C19H18N2O4. The van der Waals surface area contributed by atoms with Crippen molar-refractivity contribution in [2.24, 2.45) is 0 Å². The van der Waals surface area contributed by atoms with Crippen LogP contribution in [-0.2, 0) is 11.3 Å². The SMILES string of the molecule is COC(=O)c1cc2c(=O)n(Cc3ccccc3OC)ccc2nc1C. The minimum absolute atomic E-state index is 0.221. The summed E-state index contributed by atoms with van der Waals surface area (Å²) in [5, 5.41) is 0.378. The third kappa shape index (κ3) is 3.10. The smallest absolute Gasteiger partial charge is 0.339 e. The number of hydrogen-bond donors (Lipinski definition) is 0. The Morgan fingerprint density at radius 2 is 1.96 bits per heavy atom. The molecule has 0 N–H and O–H groups in total. The number of benzene rings is 1. The Labute approximate surface area is 144 Å². The van der Waals surface area contributed by atoms with E-state index in [0.717, 1.165) is 5.56 Å². The Balaban J connectivity index is 2.12. The quantitative estimate of drug-likeness (QED) is 0.684. The molecule has 0 unspecified atom stereocenters. The number of carbonyl (C=O) groups is 1. The van der Waals surface area contributed by atoms with Gasteiger partial charge in [0.2, 0.25) is 0 Å². The molecule has 2 heterocycles. The molecule has 2 aromatic heterocycles. The normalized spacial score (nSPS) is 10.7. The molecule has 6 heteroatoms. The number of para-hydroxylation sites is 1. The molecule has 25 heavy (non-hydrogen) atoms. The van der Waals surface area contributed by atoms with E-state index in [-0.39, 0.29) is 5.56 Å². The summed E-state index contributed by atoms with van der Waals surface area (Å²) in [5.74, 6) is 0.207. The van der Waals surface area contributed by atoms with E-state index >= 15 is 0 Å². The second-order valence-electron chi connectivity index (χ2n) is 5.61. The molecule has 0 atom stereocenters. The van der Waals surface area contributed by atoms with Gasteiger partial charge in [-0.3, -0.25) is 9.78 Å². The standard InChI is InChI=1S/C19H18N2O4/c1-12-14(19(23)25-3)10-15-16(20-12)8-9-21(18(15)22)11-13-6-4-5-7-17(13)24-2/h4-10H,11H2,1-3H3. The van der Waals surface area contributed by atoms with E-state index in [1.54, 1.807) is 36.9 Å². The highest BCUT2D eigenvalue weighted by Crippen LogP contribution is 2.19. The molecule has 6 nitrogen and oxygen atoms in total. The Kier molecular flexibility index (Phi) is 4.52. The van der Waals surface area contributed by atoms with E-state index in [4.69, 9.17) is 9.47 Å². The number of aryl methyl sites for hydroxylation is 1. The molecule has 3 rings (SSSR count). The lowest BCUT2D eigenvalue weighted by Gasteiger charge is -2.11. The van der Waals surface area contributed by atoms with Crippen molar-refractivity contribution in [3.63, 3.8) is 0 Å². The maximum atomic E-state index is 12.8. The van der Waals surface area contributed by atoms with Crippen LogP contribution in [0.25, 0.3) is 10.9 Å². The fourth-order valence-electron chi connectivity index (χ4n) is 2.76. The van der Waals surface area contributed by atoms with Gasteiger partial charge in [-0.15, -0.1) is 0 Å². The predicted octanol–water partition coefficient (Wildman–Crippen LogP) is 2.55. The number of ether oxygens (including phenoxy) is 2. The number of aromatic nitrogens is 2. The van der Waals surface area contributed by atoms with Gasteiger partial charge in [0.25, 0.3) is 5.56 Å². The first kappa shape index (κ1) is 16.7. The lowest BCUT2D eigenvalue weighted by atomic mass is 10.1. The lowest BCUT2D eigenvalue weighted by Crippen LogP contribution is -2.21. The lowest BCUT2D eigenvalue weighted by molar-refractivity contribution is 0.0599. The van der Waals surface area contributed by atoms with Gasteiger partial charge in [-0.25, -0.2) is 4.79 Å². The Bertz CT molecular complexity index is 1010. The number of hydrogen-bond acceptors (Lipinski definition) is 5. The maximum absolute atomic E-state index is 12.8. The fourth-order valence-corrected chi connectivity index (χ4v) is 2.76. The number of esters is 1. The molecule has 0 fully saturated rings. The van der Waals surface area contributed by atoms with Crippen molar-refractivity contribution in [2.45, 2.75) is 13.5 Å². The zero-order valence-corrected chi connectivity index (χ0v) is 14.3. The topological polar surface area (TPSA) is 70.4 Å². The zero-order valence-electron chi connectivity index (χ0n) is 14.3. The fraction of sp³-hybridized carbons (Fsp3) is 0.211.